The molecule has 0 saturated carbocycles. The number of halogens is 3. The average molecular weight is 342 g/mol. The van der Waals surface area contributed by atoms with Crippen LogP contribution >= 0.6 is 11.3 Å². The lowest BCUT2D eigenvalue weighted by molar-refractivity contribution is -0.139. The van der Waals surface area contributed by atoms with E-state index in [1.54, 1.807) is 16.2 Å². The Hall–Kier alpha value is -2.09. The molecular formula is C15H13F3N2O2S. The van der Waals surface area contributed by atoms with Crippen molar-refractivity contribution in [3.63, 3.8) is 0 Å². The molecule has 0 bridgehead atoms. The van der Waals surface area contributed by atoms with E-state index in [1.807, 2.05) is 11.4 Å². The maximum absolute atomic E-state index is 12.7. The SMILES string of the molecule is O=C(Cn1cc(C(F)(F)F)ccc1=O)N1CCc2sccc2C1. The largest absolute Gasteiger partial charge is 0.417 e. The van der Waals surface area contributed by atoms with Crippen molar-refractivity contribution in [1.29, 1.82) is 0 Å². The first-order chi connectivity index (χ1) is 10.8. The van der Waals surface area contributed by atoms with Gasteiger partial charge in [0, 0.05) is 30.2 Å². The third kappa shape index (κ3) is 3.31. The number of pyridine rings is 1. The molecule has 0 N–H and O–H groups in total. The van der Waals surface area contributed by atoms with E-state index in [-0.39, 0.29) is 12.5 Å². The number of rotatable bonds is 2. The minimum absolute atomic E-state index is 0.358. The molecule has 1 amide bonds. The van der Waals surface area contributed by atoms with Gasteiger partial charge in [-0.3, -0.25) is 9.59 Å². The summed E-state index contributed by atoms with van der Waals surface area (Å²) in [5.41, 5.74) is -0.505. The zero-order valence-electron chi connectivity index (χ0n) is 12.0. The van der Waals surface area contributed by atoms with Gasteiger partial charge in [-0.05, 0) is 29.5 Å². The second-order valence-corrected chi connectivity index (χ2v) is 6.32. The van der Waals surface area contributed by atoms with Crippen LogP contribution in [0.25, 0.3) is 0 Å². The van der Waals surface area contributed by atoms with Gasteiger partial charge in [0.1, 0.15) is 6.54 Å². The summed E-state index contributed by atoms with van der Waals surface area (Å²) in [6.45, 7) is 0.563. The fourth-order valence-corrected chi connectivity index (χ4v) is 3.42. The highest BCUT2D eigenvalue weighted by Gasteiger charge is 2.31. The molecule has 3 rings (SSSR count). The predicted octanol–water partition coefficient (Wildman–Crippen LogP) is 2.51. The van der Waals surface area contributed by atoms with Crippen LogP contribution in [0.5, 0.6) is 0 Å². The molecule has 23 heavy (non-hydrogen) atoms. The summed E-state index contributed by atoms with van der Waals surface area (Å²) < 4.78 is 38.9. The molecule has 3 heterocycles. The van der Waals surface area contributed by atoms with Crippen LogP contribution in [0.15, 0.2) is 34.6 Å². The van der Waals surface area contributed by atoms with E-state index < -0.39 is 17.3 Å². The average Bonchev–Trinajstić information content (AvgIpc) is 2.95. The van der Waals surface area contributed by atoms with Crippen LogP contribution in [-0.2, 0) is 30.5 Å². The van der Waals surface area contributed by atoms with Crippen molar-refractivity contribution in [3.8, 4) is 0 Å². The number of amides is 1. The third-order valence-corrected chi connectivity index (χ3v) is 4.80. The Labute approximate surface area is 133 Å². The molecule has 0 saturated heterocycles. The van der Waals surface area contributed by atoms with Crippen LogP contribution in [0.2, 0.25) is 0 Å². The Morgan fingerprint density at radius 2 is 2.04 bits per heavy atom. The topological polar surface area (TPSA) is 42.3 Å². The maximum Gasteiger partial charge on any atom is 0.417 e. The molecule has 8 heteroatoms. The Morgan fingerprint density at radius 1 is 1.26 bits per heavy atom. The van der Waals surface area contributed by atoms with Gasteiger partial charge in [-0.1, -0.05) is 0 Å². The van der Waals surface area contributed by atoms with Crippen molar-refractivity contribution in [3.05, 3.63) is 56.1 Å². The minimum Gasteiger partial charge on any atom is -0.336 e. The fraction of sp³-hybridized carbons (Fsp3) is 0.333. The molecule has 1 aliphatic heterocycles. The minimum atomic E-state index is -4.55. The van der Waals surface area contributed by atoms with Gasteiger partial charge >= 0.3 is 6.18 Å². The van der Waals surface area contributed by atoms with Crippen LogP contribution in [0.4, 0.5) is 13.2 Å². The smallest absolute Gasteiger partial charge is 0.336 e. The van der Waals surface area contributed by atoms with Crippen LogP contribution in [0.3, 0.4) is 0 Å². The standard InChI is InChI=1S/C15H13F3N2O2S/c16-15(17,18)11-1-2-13(21)20(8-11)9-14(22)19-5-3-12-10(7-19)4-6-23-12/h1-2,4,6,8H,3,5,7,9H2. The van der Waals surface area contributed by atoms with E-state index >= 15 is 0 Å². The Kier molecular flexibility index (Phi) is 4.01. The summed E-state index contributed by atoms with van der Waals surface area (Å²) in [5, 5.41) is 1.95. The van der Waals surface area contributed by atoms with E-state index in [0.29, 0.717) is 19.3 Å². The van der Waals surface area contributed by atoms with Crippen molar-refractivity contribution in [2.45, 2.75) is 25.7 Å². The number of carbonyl (C=O) groups is 1. The first-order valence-corrected chi connectivity index (χ1v) is 7.83. The highest BCUT2D eigenvalue weighted by Crippen LogP contribution is 2.28. The molecule has 2 aromatic rings. The van der Waals surface area contributed by atoms with Gasteiger partial charge in [-0.25, -0.2) is 0 Å². The zero-order chi connectivity index (χ0) is 16.6. The van der Waals surface area contributed by atoms with E-state index in [2.05, 4.69) is 0 Å². The second-order valence-electron chi connectivity index (χ2n) is 5.32. The number of thiophene rings is 1. The number of carbonyl (C=O) groups excluding carboxylic acids is 1. The number of alkyl halides is 3. The zero-order valence-corrected chi connectivity index (χ0v) is 12.8. The first-order valence-electron chi connectivity index (χ1n) is 6.95. The van der Waals surface area contributed by atoms with Crippen molar-refractivity contribution < 1.29 is 18.0 Å². The van der Waals surface area contributed by atoms with Gasteiger partial charge in [0.05, 0.1) is 5.56 Å². The Balaban J connectivity index is 1.77. The van der Waals surface area contributed by atoms with Crippen LogP contribution in [0.1, 0.15) is 16.0 Å². The normalized spacial score (nSPS) is 14.7. The molecule has 1 aliphatic rings. The van der Waals surface area contributed by atoms with Gasteiger partial charge in [-0.15, -0.1) is 11.3 Å². The van der Waals surface area contributed by atoms with E-state index in [9.17, 15) is 22.8 Å². The summed E-state index contributed by atoms with van der Waals surface area (Å²) in [6.07, 6.45) is -3.12. The van der Waals surface area contributed by atoms with Gasteiger partial charge in [0.2, 0.25) is 5.91 Å². The lowest BCUT2D eigenvalue weighted by Crippen LogP contribution is -2.39. The predicted molar refractivity (Wildman–Crippen MR) is 79.1 cm³/mol. The summed E-state index contributed by atoms with van der Waals surface area (Å²) in [6, 6.07) is 3.50. The van der Waals surface area contributed by atoms with E-state index in [1.165, 1.54) is 4.88 Å². The maximum atomic E-state index is 12.7. The van der Waals surface area contributed by atoms with Gasteiger partial charge in [0.15, 0.2) is 0 Å². The summed E-state index contributed by atoms with van der Waals surface area (Å²) in [4.78, 5) is 26.8. The molecule has 0 radical (unpaired) electrons. The first kappa shape index (κ1) is 15.8. The molecule has 2 aromatic heterocycles. The molecule has 0 fully saturated rings. The summed E-state index contributed by atoms with van der Waals surface area (Å²) in [7, 11) is 0. The molecule has 4 nitrogen and oxygen atoms in total. The number of aromatic nitrogens is 1. The number of fused-ring (bicyclic) bond motifs is 1. The summed E-state index contributed by atoms with van der Waals surface area (Å²) in [5.74, 6) is -0.358. The van der Waals surface area contributed by atoms with E-state index in [4.69, 9.17) is 0 Å². The lowest BCUT2D eigenvalue weighted by Gasteiger charge is -2.27. The summed E-state index contributed by atoms with van der Waals surface area (Å²) >= 11 is 1.63. The molecule has 0 spiro atoms. The van der Waals surface area contributed by atoms with E-state index in [0.717, 1.165) is 28.7 Å². The number of hydrogen-bond donors (Lipinski definition) is 0. The van der Waals surface area contributed by atoms with Gasteiger partial charge < -0.3 is 9.47 Å². The Bertz CT molecular complexity index is 795. The second kappa shape index (κ2) is 5.84. The van der Waals surface area contributed by atoms with Gasteiger partial charge in [0.25, 0.3) is 5.56 Å². The molecule has 122 valence electrons. The highest BCUT2D eigenvalue weighted by atomic mass is 32.1. The van der Waals surface area contributed by atoms with Crippen molar-refractivity contribution >= 4 is 17.2 Å². The molecular weight excluding hydrogens is 329 g/mol. The van der Waals surface area contributed by atoms with Crippen molar-refractivity contribution in [2.24, 2.45) is 0 Å². The lowest BCUT2D eigenvalue weighted by atomic mass is 10.1. The number of nitrogens with zero attached hydrogens (tertiary/aromatic N) is 2. The fourth-order valence-electron chi connectivity index (χ4n) is 2.53. The quantitative estimate of drug-likeness (QED) is 0.842. The highest BCUT2D eigenvalue weighted by molar-refractivity contribution is 7.10. The number of hydrogen-bond acceptors (Lipinski definition) is 3. The van der Waals surface area contributed by atoms with Gasteiger partial charge in [-0.2, -0.15) is 13.2 Å². The van der Waals surface area contributed by atoms with Crippen LogP contribution < -0.4 is 5.56 Å². The monoisotopic (exact) mass is 342 g/mol. The molecule has 0 aliphatic carbocycles. The van der Waals surface area contributed by atoms with Crippen LogP contribution in [-0.4, -0.2) is 21.9 Å². The Morgan fingerprint density at radius 3 is 2.78 bits per heavy atom. The molecule has 0 unspecified atom stereocenters. The van der Waals surface area contributed by atoms with Crippen molar-refractivity contribution in [2.75, 3.05) is 6.54 Å². The molecule has 0 aromatic carbocycles. The van der Waals surface area contributed by atoms with Crippen LogP contribution in [0, 0.1) is 0 Å². The molecule has 0 atom stereocenters. The van der Waals surface area contributed by atoms with Crippen molar-refractivity contribution in [1.82, 2.24) is 9.47 Å². The third-order valence-electron chi connectivity index (χ3n) is 3.78.